The summed E-state index contributed by atoms with van der Waals surface area (Å²) in [5.41, 5.74) is -1.53. The number of amides is 2. The Hall–Kier alpha value is -3.58. The van der Waals surface area contributed by atoms with Gasteiger partial charge < -0.3 is 15.4 Å². The highest BCUT2D eigenvalue weighted by Gasteiger charge is 2.35. The molecule has 1 aromatic carbocycles. The Labute approximate surface area is 190 Å². The Bertz CT molecular complexity index is 1190. The van der Waals surface area contributed by atoms with Gasteiger partial charge in [-0.3, -0.25) is 9.47 Å². The number of halogens is 5. The maximum absolute atomic E-state index is 14.7. The fourth-order valence-corrected chi connectivity index (χ4v) is 3.39. The summed E-state index contributed by atoms with van der Waals surface area (Å²) in [5, 5.41) is 5.52. The summed E-state index contributed by atoms with van der Waals surface area (Å²) in [4.78, 5) is 21.3. The van der Waals surface area contributed by atoms with Crippen molar-refractivity contribution < 1.29 is 31.5 Å². The van der Waals surface area contributed by atoms with Crippen LogP contribution in [0.1, 0.15) is 17.3 Å². The zero-order chi connectivity index (χ0) is 24.5. The van der Waals surface area contributed by atoms with Gasteiger partial charge in [0.15, 0.2) is 17.5 Å². The molecule has 34 heavy (non-hydrogen) atoms. The van der Waals surface area contributed by atoms with E-state index < -0.39 is 35.1 Å². The van der Waals surface area contributed by atoms with Crippen LogP contribution < -0.4 is 15.5 Å². The predicted molar refractivity (Wildman–Crippen MR) is 112 cm³/mol. The first-order valence-corrected chi connectivity index (χ1v) is 10.1. The van der Waals surface area contributed by atoms with Crippen LogP contribution in [0.4, 0.5) is 38.1 Å². The van der Waals surface area contributed by atoms with Crippen molar-refractivity contribution in [2.45, 2.75) is 12.2 Å². The maximum Gasteiger partial charge on any atom is 0.419 e. The molecular formula is C21H19F5N6O2. The minimum Gasteiger partial charge on any atom is -0.378 e. The van der Waals surface area contributed by atoms with Gasteiger partial charge in [0.2, 0.25) is 0 Å². The second-order valence-corrected chi connectivity index (χ2v) is 7.44. The van der Waals surface area contributed by atoms with Crippen molar-refractivity contribution in [1.29, 1.82) is 0 Å². The van der Waals surface area contributed by atoms with Crippen molar-refractivity contribution in [3.8, 4) is 5.82 Å². The van der Waals surface area contributed by atoms with Gasteiger partial charge >= 0.3 is 12.2 Å². The van der Waals surface area contributed by atoms with Gasteiger partial charge in [0.25, 0.3) is 0 Å². The number of hydrogen-bond donors (Lipinski definition) is 2. The smallest absolute Gasteiger partial charge is 0.378 e. The molecule has 2 N–H and O–H groups in total. The Morgan fingerprint density at radius 3 is 2.76 bits per heavy atom. The highest BCUT2D eigenvalue weighted by molar-refractivity contribution is 6.01. The number of urea groups is 1. The molecule has 2 amide bonds. The van der Waals surface area contributed by atoms with Crippen LogP contribution in [0.3, 0.4) is 0 Å². The summed E-state index contributed by atoms with van der Waals surface area (Å²) in [6, 6.07) is 2.44. The summed E-state index contributed by atoms with van der Waals surface area (Å²) in [6.07, 6.45) is -0.776. The van der Waals surface area contributed by atoms with E-state index in [1.165, 1.54) is 10.9 Å². The molecule has 3 heterocycles. The van der Waals surface area contributed by atoms with E-state index in [9.17, 15) is 26.7 Å². The Balaban J connectivity index is 1.49. The number of anilines is 2. The van der Waals surface area contributed by atoms with E-state index in [4.69, 9.17) is 4.74 Å². The van der Waals surface area contributed by atoms with Gasteiger partial charge in [-0.1, -0.05) is 6.07 Å². The third-order valence-corrected chi connectivity index (χ3v) is 5.15. The molecule has 1 atom stereocenters. The maximum atomic E-state index is 14.7. The molecule has 0 saturated carbocycles. The van der Waals surface area contributed by atoms with Gasteiger partial charge in [-0.2, -0.15) is 13.2 Å². The van der Waals surface area contributed by atoms with E-state index >= 15 is 0 Å². The van der Waals surface area contributed by atoms with E-state index in [2.05, 4.69) is 20.6 Å². The van der Waals surface area contributed by atoms with Crippen molar-refractivity contribution in [3.63, 3.8) is 0 Å². The number of benzene rings is 1. The fourth-order valence-electron chi connectivity index (χ4n) is 3.39. The van der Waals surface area contributed by atoms with Gasteiger partial charge in [-0.25, -0.2) is 23.5 Å². The second-order valence-electron chi connectivity index (χ2n) is 7.44. The van der Waals surface area contributed by atoms with Crippen LogP contribution in [0.15, 0.2) is 43.0 Å². The lowest BCUT2D eigenvalue weighted by atomic mass is 10.1. The first kappa shape index (κ1) is 23.6. The summed E-state index contributed by atoms with van der Waals surface area (Å²) < 4.78 is 74.6. The Kier molecular flexibility index (Phi) is 6.48. The van der Waals surface area contributed by atoms with E-state index in [-0.39, 0.29) is 17.5 Å². The summed E-state index contributed by atoms with van der Waals surface area (Å²) in [6.45, 7) is 1.69. The average Bonchev–Trinajstić information content (AvgIpc) is 3.28. The molecule has 13 heteroatoms. The molecule has 0 radical (unpaired) electrons. The number of rotatable bonds is 4. The van der Waals surface area contributed by atoms with Crippen LogP contribution in [-0.4, -0.2) is 47.4 Å². The molecule has 8 nitrogen and oxygen atoms in total. The lowest BCUT2D eigenvalue weighted by molar-refractivity contribution is -0.139. The predicted octanol–water partition coefficient (Wildman–Crippen LogP) is 3.89. The number of ether oxygens (including phenoxy) is 1. The monoisotopic (exact) mass is 482 g/mol. The summed E-state index contributed by atoms with van der Waals surface area (Å²) >= 11 is 0. The number of alkyl halides is 3. The first-order chi connectivity index (χ1) is 16.1. The zero-order valence-electron chi connectivity index (χ0n) is 17.7. The highest BCUT2D eigenvalue weighted by Crippen LogP contribution is 2.35. The minimum absolute atomic E-state index is 0.0758. The van der Waals surface area contributed by atoms with E-state index in [1.54, 1.807) is 6.20 Å². The van der Waals surface area contributed by atoms with Crippen LogP contribution in [0, 0.1) is 11.6 Å². The molecule has 180 valence electrons. The van der Waals surface area contributed by atoms with E-state index in [0.29, 0.717) is 36.4 Å². The van der Waals surface area contributed by atoms with Crippen LogP contribution in [-0.2, 0) is 10.9 Å². The van der Waals surface area contributed by atoms with Gasteiger partial charge in [-0.15, -0.1) is 0 Å². The van der Waals surface area contributed by atoms with Crippen molar-refractivity contribution >= 4 is 17.4 Å². The number of imidazole rings is 1. The molecular weight excluding hydrogens is 463 g/mol. The molecule has 2 aromatic heterocycles. The van der Waals surface area contributed by atoms with Gasteiger partial charge in [0.1, 0.15) is 6.33 Å². The summed E-state index contributed by atoms with van der Waals surface area (Å²) in [5.74, 6) is -2.46. The molecule has 3 aromatic rings. The molecule has 1 saturated heterocycles. The first-order valence-electron chi connectivity index (χ1n) is 10.1. The fraction of sp³-hybridized carbons (Fsp3) is 0.286. The number of nitrogens with one attached hydrogen (secondary N) is 2. The van der Waals surface area contributed by atoms with Crippen molar-refractivity contribution in [2.75, 3.05) is 37.0 Å². The summed E-state index contributed by atoms with van der Waals surface area (Å²) in [7, 11) is 1.09. The number of hydrogen-bond acceptors (Lipinski definition) is 5. The SMILES string of the molecule is CN(C(=O)Nc1cnc(-n2cnc([C@@H]3COCCN3)c2)c(F)c1)c1cccc(C(F)(F)F)c1F. The zero-order valence-corrected chi connectivity index (χ0v) is 17.7. The van der Waals surface area contributed by atoms with Crippen molar-refractivity contribution in [3.05, 3.63) is 65.9 Å². The number of aromatic nitrogens is 3. The molecule has 1 aliphatic heterocycles. The average molecular weight is 482 g/mol. The Morgan fingerprint density at radius 1 is 1.29 bits per heavy atom. The lowest BCUT2D eigenvalue weighted by Crippen LogP contribution is -2.34. The van der Waals surface area contributed by atoms with Crippen LogP contribution in [0.5, 0.6) is 0 Å². The van der Waals surface area contributed by atoms with Crippen molar-refractivity contribution in [1.82, 2.24) is 19.9 Å². The van der Waals surface area contributed by atoms with E-state index in [1.807, 2.05) is 0 Å². The normalized spacial score (nSPS) is 16.4. The van der Waals surface area contributed by atoms with Crippen molar-refractivity contribution in [2.24, 2.45) is 0 Å². The van der Waals surface area contributed by atoms with E-state index in [0.717, 1.165) is 31.4 Å². The molecule has 0 spiro atoms. The Morgan fingerprint density at radius 2 is 2.09 bits per heavy atom. The molecule has 4 rings (SSSR count). The number of morpholine rings is 1. The van der Waals surface area contributed by atoms with Crippen LogP contribution in [0.25, 0.3) is 5.82 Å². The number of pyridine rings is 1. The van der Waals surface area contributed by atoms with Crippen LogP contribution in [0.2, 0.25) is 0 Å². The highest BCUT2D eigenvalue weighted by atomic mass is 19.4. The largest absolute Gasteiger partial charge is 0.419 e. The standard InChI is InChI=1S/C21H19F5N6O2/c1-31(17-4-2-3-13(18(17)23)21(24,25)26)20(33)30-12-7-14(22)19(28-8-12)32-9-15(29-11-32)16-10-34-6-5-27-16/h2-4,7-9,11,16,27H,5-6,10H2,1H3,(H,30,33)/t16-/m0/s1. The quantitative estimate of drug-likeness (QED) is 0.552. The van der Waals surface area contributed by atoms with Gasteiger partial charge in [-0.05, 0) is 12.1 Å². The molecule has 1 fully saturated rings. The molecule has 0 bridgehead atoms. The van der Waals surface area contributed by atoms with Gasteiger partial charge in [0.05, 0.1) is 48.1 Å². The van der Waals surface area contributed by atoms with Gasteiger partial charge in [0, 0.05) is 25.9 Å². The number of carbonyl (C=O) groups is 1. The number of nitrogens with zero attached hydrogens (tertiary/aromatic N) is 4. The number of carbonyl (C=O) groups excluding carboxylic acids is 1. The minimum atomic E-state index is -4.92. The second kappa shape index (κ2) is 9.35. The third kappa shape index (κ3) is 4.84. The van der Waals surface area contributed by atoms with Crippen LogP contribution >= 0.6 is 0 Å². The lowest BCUT2D eigenvalue weighted by Gasteiger charge is -2.21. The molecule has 1 aliphatic rings. The topological polar surface area (TPSA) is 84.3 Å². The third-order valence-electron chi connectivity index (χ3n) is 5.15. The molecule has 0 unspecified atom stereocenters. The molecule has 0 aliphatic carbocycles.